The van der Waals surface area contributed by atoms with Crippen LogP contribution >= 0.6 is 11.6 Å². The van der Waals surface area contributed by atoms with Crippen LogP contribution in [0.25, 0.3) is 6.08 Å². The van der Waals surface area contributed by atoms with Crippen LogP contribution in [0.1, 0.15) is 27.0 Å². The minimum absolute atomic E-state index is 0.0157. The van der Waals surface area contributed by atoms with E-state index < -0.39 is 5.82 Å². The number of para-hydroxylation sites is 1. The van der Waals surface area contributed by atoms with Crippen molar-refractivity contribution in [3.8, 4) is 17.2 Å². The molecule has 0 fully saturated rings. The van der Waals surface area contributed by atoms with Crippen molar-refractivity contribution in [3.05, 3.63) is 93.5 Å². The van der Waals surface area contributed by atoms with Crippen molar-refractivity contribution < 1.29 is 23.4 Å². The van der Waals surface area contributed by atoms with E-state index in [-0.39, 0.29) is 22.1 Å². The van der Waals surface area contributed by atoms with Gasteiger partial charge in [0.15, 0.2) is 5.76 Å². The van der Waals surface area contributed by atoms with Crippen LogP contribution in [0.15, 0.2) is 60.4 Å². The third-order valence-corrected chi connectivity index (χ3v) is 5.22. The van der Waals surface area contributed by atoms with Crippen LogP contribution in [0.4, 0.5) is 4.39 Å². The summed E-state index contributed by atoms with van der Waals surface area (Å²) >= 11 is 6.07. The van der Waals surface area contributed by atoms with Gasteiger partial charge in [0.1, 0.15) is 29.7 Å². The topological polar surface area (TPSA) is 44.8 Å². The summed E-state index contributed by atoms with van der Waals surface area (Å²) in [7, 11) is 1.61. The lowest BCUT2D eigenvalue weighted by Crippen LogP contribution is -2.00. The molecule has 4 nitrogen and oxygen atoms in total. The third kappa shape index (κ3) is 3.64. The lowest BCUT2D eigenvalue weighted by atomic mass is 10.1. The van der Waals surface area contributed by atoms with Gasteiger partial charge in [0.25, 0.3) is 0 Å². The van der Waals surface area contributed by atoms with E-state index in [0.29, 0.717) is 29.2 Å². The van der Waals surface area contributed by atoms with Gasteiger partial charge in [0.05, 0.1) is 17.7 Å². The van der Waals surface area contributed by atoms with Crippen LogP contribution < -0.4 is 14.2 Å². The molecule has 0 aliphatic carbocycles. The summed E-state index contributed by atoms with van der Waals surface area (Å²) in [5.41, 5.74) is 2.09. The van der Waals surface area contributed by atoms with Crippen molar-refractivity contribution in [3.63, 3.8) is 0 Å². The molecule has 0 saturated heterocycles. The Hall–Kier alpha value is -3.31. The first-order valence-corrected chi connectivity index (χ1v) is 9.64. The second kappa shape index (κ2) is 8.20. The number of ether oxygens (including phenoxy) is 3. The molecule has 1 heterocycles. The second-order valence-corrected chi connectivity index (χ2v) is 7.15. The number of halogens is 2. The molecule has 0 unspecified atom stereocenters. The Bertz CT molecular complexity index is 1150. The molecule has 0 aromatic heterocycles. The number of methoxy groups -OCH3 is 1. The van der Waals surface area contributed by atoms with Gasteiger partial charge in [-0.05, 0) is 43.3 Å². The summed E-state index contributed by atoms with van der Waals surface area (Å²) in [6.45, 7) is 2.10. The predicted molar refractivity (Wildman–Crippen MR) is 113 cm³/mol. The standard InChI is InChI=1S/C24H18ClFO4/c1-14-20(29-13-15-6-3-4-9-21(15)28-2)11-10-16-23(27)22(30-24(14)16)12-17-18(25)7-5-8-19(17)26/h3-12H,13H2,1-2H3/b22-12-. The van der Waals surface area contributed by atoms with E-state index in [1.54, 1.807) is 25.3 Å². The zero-order valence-corrected chi connectivity index (χ0v) is 17.1. The SMILES string of the molecule is COc1ccccc1COc1ccc2c(c1C)O/C(=C\c1c(F)cccc1Cl)C2=O. The van der Waals surface area contributed by atoms with Crippen LogP contribution in [0, 0.1) is 12.7 Å². The van der Waals surface area contributed by atoms with Crippen LogP contribution in [0.2, 0.25) is 5.02 Å². The number of Topliss-reactive ketones (excluding diaryl/α,β-unsaturated/α-hetero) is 1. The minimum atomic E-state index is -0.528. The highest BCUT2D eigenvalue weighted by Crippen LogP contribution is 2.40. The zero-order valence-electron chi connectivity index (χ0n) is 16.4. The van der Waals surface area contributed by atoms with Crippen molar-refractivity contribution in [1.82, 2.24) is 0 Å². The van der Waals surface area contributed by atoms with E-state index in [0.717, 1.165) is 11.3 Å². The normalized spacial score (nSPS) is 13.9. The first kappa shape index (κ1) is 20.0. The molecule has 3 aromatic carbocycles. The summed E-state index contributed by atoms with van der Waals surface area (Å²) in [5, 5.41) is 0.201. The van der Waals surface area contributed by atoms with E-state index in [9.17, 15) is 9.18 Å². The molecule has 6 heteroatoms. The van der Waals surface area contributed by atoms with Crippen molar-refractivity contribution in [2.45, 2.75) is 13.5 Å². The maximum Gasteiger partial charge on any atom is 0.231 e. The van der Waals surface area contributed by atoms with Crippen molar-refractivity contribution in [2.24, 2.45) is 0 Å². The highest BCUT2D eigenvalue weighted by molar-refractivity contribution is 6.32. The maximum atomic E-state index is 14.1. The van der Waals surface area contributed by atoms with Crippen LogP contribution in [-0.2, 0) is 6.61 Å². The van der Waals surface area contributed by atoms with Crippen molar-refractivity contribution in [2.75, 3.05) is 7.11 Å². The Morgan fingerprint density at radius 2 is 1.87 bits per heavy atom. The predicted octanol–water partition coefficient (Wildman–Crippen LogP) is 5.99. The number of carbonyl (C=O) groups excluding carboxylic acids is 1. The maximum absolute atomic E-state index is 14.1. The van der Waals surface area contributed by atoms with Gasteiger partial charge in [-0.2, -0.15) is 0 Å². The third-order valence-electron chi connectivity index (χ3n) is 4.89. The van der Waals surface area contributed by atoms with E-state index in [4.69, 9.17) is 25.8 Å². The summed E-state index contributed by atoms with van der Waals surface area (Å²) in [6.07, 6.45) is 1.33. The second-order valence-electron chi connectivity index (χ2n) is 6.74. The number of rotatable bonds is 5. The summed E-state index contributed by atoms with van der Waals surface area (Å²) in [5.74, 6) is 0.870. The molecule has 3 aromatic rings. The number of ketones is 1. The molecule has 30 heavy (non-hydrogen) atoms. The summed E-state index contributed by atoms with van der Waals surface area (Å²) in [6, 6.07) is 15.3. The number of allylic oxidation sites excluding steroid dienone is 1. The van der Waals surface area contributed by atoms with Crippen LogP contribution in [0.3, 0.4) is 0 Å². The summed E-state index contributed by atoms with van der Waals surface area (Å²) < 4.78 is 31.2. The fourth-order valence-corrected chi connectivity index (χ4v) is 3.50. The quantitative estimate of drug-likeness (QED) is 0.472. The largest absolute Gasteiger partial charge is 0.496 e. The minimum Gasteiger partial charge on any atom is -0.496 e. The fourth-order valence-electron chi connectivity index (χ4n) is 3.28. The smallest absolute Gasteiger partial charge is 0.231 e. The van der Waals surface area contributed by atoms with E-state index in [1.807, 2.05) is 31.2 Å². The molecule has 152 valence electrons. The molecule has 4 rings (SSSR count). The van der Waals surface area contributed by atoms with Gasteiger partial charge in [0, 0.05) is 16.7 Å². The summed E-state index contributed by atoms with van der Waals surface area (Å²) in [4.78, 5) is 12.7. The van der Waals surface area contributed by atoms with Gasteiger partial charge in [-0.1, -0.05) is 35.9 Å². The molecular formula is C24H18ClFO4. The van der Waals surface area contributed by atoms with Gasteiger partial charge in [-0.3, -0.25) is 4.79 Å². The number of fused-ring (bicyclic) bond motifs is 1. The van der Waals surface area contributed by atoms with Crippen molar-refractivity contribution >= 4 is 23.5 Å². The monoisotopic (exact) mass is 424 g/mol. The molecule has 0 N–H and O–H groups in total. The van der Waals surface area contributed by atoms with Gasteiger partial charge >= 0.3 is 0 Å². The van der Waals surface area contributed by atoms with Crippen molar-refractivity contribution in [1.29, 1.82) is 0 Å². The molecule has 1 aliphatic rings. The van der Waals surface area contributed by atoms with Gasteiger partial charge in [-0.25, -0.2) is 4.39 Å². The zero-order chi connectivity index (χ0) is 21.3. The Kier molecular flexibility index (Phi) is 5.46. The number of benzene rings is 3. The van der Waals surface area contributed by atoms with Gasteiger partial charge < -0.3 is 14.2 Å². The average molecular weight is 425 g/mol. The highest BCUT2D eigenvalue weighted by atomic mass is 35.5. The molecule has 0 saturated carbocycles. The fraction of sp³-hybridized carbons (Fsp3) is 0.125. The molecule has 0 radical (unpaired) electrons. The molecule has 0 spiro atoms. The molecule has 0 atom stereocenters. The highest BCUT2D eigenvalue weighted by Gasteiger charge is 2.30. The first-order valence-electron chi connectivity index (χ1n) is 9.26. The number of carbonyl (C=O) groups is 1. The molecular weight excluding hydrogens is 407 g/mol. The number of hydrogen-bond acceptors (Lipinski definition) is 4. The molecule has 0 amide bonds. The number of hydrogen-bond donors (Lipinski definition) is 0. The average Bonchev–Trinajstić information content (AvgIpc) is 3.07. The Balaban J connectivity index is 1.61. The lowest BCUT2D eigenvalue weighted by molar-refractivity contribution is 0.101. The van der Waals surface area contributed by atoms with Crippen LogP contribution in [0.5, 0.6) is 17.2 Å². The Morgan fingerprint density at radius 3 is 2.63 bits per heavy atom. The Morgan fingerprint density at radius 1 is 1.07 bits per heavy atom. The molecule has 0 bridgehead atoms. The van der Waals surface area contributed by atoms with Gasteiger partial charge in [0.2, 0.25) is 5.78 Å². The molecule has 1 aliphatic heterocycles. The van der Waals surface area contributed by atoms with E-state index >= 15 is 0 Å². The first-order chi connectivity index (χ1) is 14.5. The Labute approximate surface area is 178 Å². The van der Waals surface area contributed by atoms with E-state index in [1.165, 1.54) is 18.2 Å². The van der Waals surface area contributed by atoms with Crippen LogP contribution in [-0.4, -0.2) is 12.9 Å². The van der Waals surface area contributed by atoms with Gasteiger partial charge in [-0.15, -0.1) is 0 Å². The lowest BCUT2D eigenvalue weighted by Gasteiger charge is -2.13. The van der Waals surface area contributed by atoms with E-state index in [2.05, 4.69) is 0 Å².